The fraction of sp³-hybridized carbons (Fsp3) is 0.300. The van der Waals surface area contributed by atoms with Gasteiger partial charge in [-0.25, -0.2) is 8.78 Å². The van der Waals surface area contributed by atoms with Crippen LogP contribution in [0.5, 0.6) is 0 Å². The Morgan fingerprint density at radius 2 is 1.71 bits per heavy atom. The third-order valence-electron chi connectivity index (χ3n) is 8.13. The maximum atomic E-state index is 15.3. The number of benzene rings is 4. The van der Waals surface area contributed by atoms with Gasteiger partial charge in [0.05, 0.1) is 41.9 Å². The van der Waals surface area contributed by atoms with Crippen LogP contribution in [0.1, 0.15) is 51.5 Å². The number of para-hydroxylation sites is 1. The van der Waals surface area contributed by atoms with Crippen molar-refractivity contribution < 1.29 is 53.4 Å². The molecule has 1 fully saturated rings. The number of nitrogens with zero attached hydrogens (tertiary/aromatic N) is 3. The lowest BCUT2D eigenvalue weighted by Crippen LogP contribution is -2.48. The third-order valence-corrected chi connectivity index (χ3v) is 9.14. The third kappa shape index (κ3) is 8.74. The van der Waals surface area contributed by atoms with Crippen LogP contribution < -0.4 is 5.43 Å². The first-order chi connectivity index (χ1) is 31.3. The van der Waals surface area contributed by atoms with E-state index in [0.717, 1.165) is 59.5 Å². The molecule has 1 aliphatic heterocycles. The van der Waals surface area contributed by atoms with Gasteiger partial charge in [0, 0.05) is 64.6 Å². The van der Waals surface area contributed by atoms with Crippen molar-refractivity contribution in [3.63, 3.8) is 0 Å². The first kappa shape index (κ1) is 21.9. The van der Waals surface area contributed by atoms with Crippen molar-refractivity contribution in [3.8, 4) is 11.1 Å². The number of thioether (sulfide) groups is 1. The molecule has 2 heterocycles. The lowest BCUT2D eigenvalue weighted by molar-refractivity contribution is -0.137. The Hall–Kier alpha value is -4.52. The summed E-state index contributed by atoms with van der Waals surface area (Å²) in [4.78, 5) is 30.4. The monoisotopic (exact) mass is 751 g/mol. The molecule has 0 unspecified atom stereocenters. The molecule has 1 aromatic heterocycles. The number of carbonyl (C=O) groups is 1. The van der Waals surface area contributed by atoms with Gasteiger partial charge in [-0.1, -0.05) is 60.6 Å². The van der Waals surface area contributed by atoms with Crippen LogP contribution >= 0.6 is 11.8 Å². The Morgan fingerprint density at radius 3 is 2.40 bits per heavy atom. The van der Waals surface area contributed by atoms with Crippen LogP contribution in [0.4, 0.5) is 22.0 Å². The summed E-state index contributed by atoms with van der Waals surface area (Å²) in [6.07, 6.45) is -5.58. The van der Waals surface area contributed by atoms with Crippen LogP contribution in [0.15, 0.2) is 107 Å². The number of halogens is 5. The molecule has 1 amide bonds. The molecule has 0 atom stereocenters. The Morgan fingerprint density at radius 1 is 1.02 bits per heavy atom. The summed E-state index contributed by atoms with van der Waals surface area (Å²) in [7, 11) is -3.39. The summed E-state index contributed by atoms with van der Waals surface area (Å²) in [5.41, 5.74) is -3.44. The van der Waals surface area contributed by atoms with E-state index in [1.54, 1.807) is 0 Å². The van der Waals surface area contributed by atoms with E-state index in [1.807, 2.05) is 0 Å². The van der Waals surface area contributed by atoms with Crippen molar-refractivity contribution in [1.29, 1.82) is 0 Å². The standard InChI is InChI=1S/C40H38F5N3O3S/c1-51-22-21-46-19-17-32(18-20-46)47(24-27-9-11-28(12-10-27)29-13-15-31(16-14-29)40(43,44)45)37(50)25-48-35-8-3-2-6-33(35)36(49)23-38(48)52-26-30-5-4-7-34(41)39(30)42/h2-16,23,32H,17-22,24-26H2,1H3/i1D3,2D,3D,6D,8D,21D2,22D2,23D,24D2,25D2. The Kier molecular flexibility index (Phi) is 6.91. The van der Waals surface area contributed by atoms with Crippen molar-refractivity contribution >= 4 is 28.6 Å². The molecule has 5 aromatic rings. The molecular weight excluding hydrogens is 698 g/mol. The molecule has 6 rings (SSSR count). The fourth-order valence-electron chi connectivity index (χ4n) is 5.48. The summed E-state index contributed by atoms with van der Waals surface area (Å²) >= 11 is 0.323. The molecule has 0 N–H and O–H groups in total. The highest BCUT2D eigenvalue weighted by atomic mass is 32.2. The highest BCUT2D eigenvalue weighted by Crippen LogP contribution is 2.32. The summed E-state index contributed by atoms with van der Waals surface area (Å²) in [5, 5.41) is -1.77. The number of piperidine rings is 1. The zero-order chi connectivity index (χ0) is 50.9. The summed E-state index contributed by atoms with van der Waals surface area (Å²) in [5.74, 6) is -5.12. The summed E-state index contributed by atoms with van der Waals surface area (Å²) in [6, 6.07) is 5.22. The molecule has 0 radical (unpaired) electrons. The van der Waals surface area contributed by atoms with E-state index in [2.05, 4.69) is 4.74 Å². The number of amides is 1. The summed E-state index contributed by atoms with van der Waals surface area (Å²) in [6.45, 7) is -14.6. The molecular formula is C40H38F5N3O3S. The second-order valence-electron chi connectivity index (χ2n) is 11.4. The number of hydrogen-bond donors (Lipinski definition) is 0. The van der Waals surface area contributed by atoms with Crippen LogP contribution in [-0.2, 0) is 34.5 Å². The quantitative estimate of drug-likeness (QED) is 0.0948. The minimum absolute atomic E-state index is 0.266. The molecule has 272 valence electrons. The Bertz CT molecular complexity index is 2810. The van der Waals surface area contributed by atoms with Crippen molar-refractivity contribution in [3.05, 3.63) is 135 Å². The number of hydrogen-bond acceptors (Lipinski definition) is 5. The number of rotatable bonds is 12. The molecule has 0 bridgehead atoms. The zero-order valence-electron chi connectivity index (χ0n) is 42.8. The number of methoxy groups -OCH3 is 1. The second kappa shape index (κ2) is 16.4. The lowest BCUT2D eigenvalue weighted by atomic mass is 10.00. The van der Waals surface area contributed by atoms with Gasteiger partial charge in [-0.2, -0.15) is 13.2 Å². The van der Waals surface area contributed by atoms with E-state index in [-0.39, 0.29) is 22.3 Å². The van der Waals surface area contributed by atoms with Gasteiger partial charge >= 0.3 is 6.18 Å². The van der Waals surface area contributed by atoms with Crippen LogP contribution in [-0.4, -0.2) is 59.5 Å². The number of aromatic nitrogens is 1. The van der Waals surface area contributed by atoms with E-state index >= 15 is 4.79 Å². The molecule has 0 aliphatic carbocycles. The van der Waals surface area contributed by atoms with Gasteiger partial charge in [0.2, 0.25) is 5.91 Å². The number of likely N-dealkylation sites (tertiary alicyclic amines) is 1. The van der Waals surface area contributed by atoms with E-state index in [9.17, 15) is 32.2 Å². The number of alkyl halides is 3. The molecule has 0 saturated carbocycles. The summed E-state index contributed by atoms with van der Waals surface area (Å²) < 4.78 is 210. The largest absolute Gasteiger partial charge is 0.416 e. The molecule has 52 heavy (non-hydrogen) atoms. The molecule has 6 nitrogen and oxygen atoms in total. The highest BCUT2D eigenvalue weighted by molar-refractivity contribution is 7.98. The van der Waals surface area contributed by atoms with Gasteiger partial charge in [-0.05, 0) is 59.8 Å². The van der Waals surface area contributed by atoms with Crippen molar-refractivity contribution in [1.82, 2.24) is 14.4 Å². The Balaban J connectivity index is 1.52. The van der Waals surface area contributed by atoms with Crippen LogP contribution in [0, 0.1) is 11.6 Å². The van der Waals surface area contributed by atoms with Gasteiger partial charge in [-0.3, -0.25) is 9.59 Å². The number of pyridine rings is 1. The van der Waals surface area contributed by atoms with Gasteiger partial charge in [-0.15, -0.1) is 11.8 Å². The van der Waals surface area contributed by atoms with Crippen molar-refractivity contribution in [2.24, 2.45) is 0 Å². The van der Waals surface area contributed by atoms with E-state index in [1.165, 1.54) is 12.1 Å². The molecule has 1 aliphatic rings. The topological polar surface area (TPSA) is 54.8 Å². The van der Waals surface area contributed by atoms with Gasteiger partial charge in [0.25, 0.3) is 0 Å². The van der Waals surface area contributed by atoms with E-state index in [0.29, 0.717) is 21.2 Å². The van der Waals surface area contributed by atoms with E-state index in [4.69, 9.17) is 16.4 Å². The molecule has 12 heteroatoms. The minimum atomic E-state index is -4.64. The average Bonchev–Trinajstić information content (AvgIpc) is 3.25. The Labute approximate surface area is 325 Å². The second-order valence-corrected chi connectivity index (χ2v) is 12.4. The SMILES string of the molecule is [2H]c1c([2H])c([2H])c2c(c1[2H])c(=O)c([2H])c(SCc1cccc(F)c1F)n2C([2H])([2H])C(=O)N(C1CCN(C([2H])([2H])C([2H])([2H])OC([2H])([2H])[2H])CC1)C([2H])([2H])c1ccc(-c2ccc(C(F)(F)F)cc2)cc1. The van der Waals surface area contributed by atoms with Crippen LogP contribution in [0.3, 0.4) is 0 Å². The molecule has 1 saturated heterocycles. The maximum Gasteiger partial charge on any atom is 0.416 e. The van der Waals surface area contributed by atoms with E-state index < -0.39 is 152 Å². The molecule has 4 aromatic carbocycles. The lowest BCUT2D eigenvalue weighted by Gasteiger charge is -2.39. The minimum Gasteiger partial charge on any atom is -0.383 e. The first-order valence-electron chi connectivity index (χ1n) is 23.5. The highest BCUT2D eigenvalue weighted by Gasteiger charge is 2.31. The number of ether oxygens (including phenoxy) is 1. The average molecular weight is 752 g/mol. The van der Waals surface area contributed by atoms with Gasteiger partial charge in [0.15, 0.2) is 17.1 Å². The van der Waals surface area contributed by atoms with Crippen LogP contribution in [0.25, 0.3) is 22.0 Å². The van der Waals surface area contributed by atoms with Crippen LogP contribution in [0.2, 0.25) is 0 Å². The molecule has 0 spiro atoms. The normalized spacial score (nSPS) is 20.0. The smallest absolute Gasteiger partial charge is 0.383 e. The van der Waals surface area contributed by atoms with Crippen molar-refractivity contribution in [2.45, 2.75) is 48.8 Å². The predicted molar refractivity (Wildman–Crippen MR) is 193 cm³/mol. The number of fused-ring (bicyclic) bond motifs is 1. The van der Waals surface area contributed by atoms with Gasteiger partial charge < -0.3 is 19.1 Å². The number of carbonyl (C=O) groups excluding carboxylic acids is 1. The van der Waals surface area contributed by atoms with Crippen molar-refractivity contribution in [2.75, 3.05) is 33.2 Å². The maximum absolute atomic E-state index is 15.3. The first-order valence-corrected chi connectivity index (χ1v) is 16.5. The predicted octanol–water partition coefficient (Wildman–Crippen LogP) is 8.40. The van der Waals surface area contributed by atoms with Gasteiger partial charge in [0.1, 0.15) is 6.50 Å². The zero-order valence-corrected chi connectivity index (χ0v) is 27.6. The fourth-order valence-corrected chi connectivity index (χ4v) is 6.42.